The van der Waals surface area contributed by atoms with Gasteiger partial charge in [0, 0.05) is 18.8 Å². The highest BCUT2D eigenvalue weighted by molar-refractivity contribution is 5.97. The molecular formula is C15H16N2O3. The van der Waals surface area contributed by atoms with Gasteiger partial charge in [-0.2, -0.15) is 5.26 Å². The number of rotatable bonds is 3. The summed E-state index contributed by atoms with van der Waals surface area (Å²) in [6.45, 7) is 3.23. The van der Waals surface area contributed by atoms with Gasteiger partial charge in [-0.15, -0.1) is 0 Å². The smallest absolute Gasteiger partial charge is 0.348 e. The van der Waals surface area contributed by atoms with Crippen LogP contribution < -0.4 is 4.90 Å². The molecule has 5 nitrogen and oxygen atoms in total. The summed E-state index contributed by atoms with van der Waals surface area (Å²) in [5.41, 5.74) is 1.90. The highest BCUT2D eigenvalue weighted by Gasteiger charge is 2.11. The summed E-state index contributed by atoms with van der Waals surface area (Å²) in [5, 5.41) is 8.91. The monoisotopic (exact) mass is 272 g/mol. The first-order chi connectivity index (χ1) is 9.74. The molecule has 1 aromatic carbocycles. The van der Waals surface area contributed by atoms with Crippen molar-refractivity contribution in [2.75, 3.05) is 38.3 Å². The van der Waals surface area contributed by atoms with Crippen LogP contribution in [0.5, 0.6) is 0 Å². The van der Waals surface area contributed by atoms with Gasteiger partial charge in [-0.3, -0.25) is 0 Å². The summed E-state index contributed by atoms with van der Waals surface area (Å²) in [6.07, 6.45) is 1.52. The molecular weight excluding hydrogens is 256 g/mol. The van der Waals surface area contributed by atoms with E-state index in [-0.39, 0.29) is 5.57 Å². The van der Waals surface area contributed by atoms with Gasteiger partial charge < -0.3 is 14.4 Å². The molecule has 0 N–H and O–H groups in total. The standard InChI is InChI=1S/C15H16N2O3/c1-19-15(18)13(11-16)10-12-2-4-14(5-3-12)17-6-8-20-9-7-17/h2-5,10H,6-9H2,1H3/b13-10+. The van der Waals surface area contributed by atoms with E-state index in [1.807, 2.05) is 30.3 Å². The molecule has 0 bridgehead atoms. The Bertz CT molecular complexity index is 537. The van der Waals surface area contributed by atoms with Gasteiger partial charge in [0.15, 0.2) is 0 Å². The lowest BCUT2D eigenvalue weighted by Gasteiger charge is -2.28. The zero-order valence-electron chi connectivity index (χ0n) is 11.3. The molecule has 0 atom stereocenters. The van der Waals surface area contributed by atoms with Gasteiger partial charge in [0.05, 0.1) is 20.3 Å². The van der Waals surface area contributed by atoms with E-state index in [0.717, 1.165) is 37.6 Å². The van der Waals surface area contributed by atoms with Crippen LogP contribution in [0.1, 0.15) is 5.56 Å². The molecule has 0 aliphatic carbocycles. The predicted molar refractivity (Wildman–Crippen MR) is 75.1 cm³/mol. The topological polar surface area (TPSA) is 62.6 Å². The van der Waals surface area contributed by atoms with Crippen LogP contribution in [0.25, 0.3) is 6.08 Å². The van der Waals surface area contributed by atoms with Crippen LogP contribution in [0.4, 0.5) is 5.69 Å². The minimum Gasteiger partial charge on any atom is -0.465 e. The number of nitriles is 1. The summed E-state index contributed by atoms with van der Waals surface area (Å²) < 4.78 is 9.85. The Hall–Kier alpha value is -2.32. The normalized spacial score (nSPS) is 15.6. The zero-order valence-corrected chi connectivity index (χ0v) is 11.3. The first kappa shape index (κ1) is 14.1. The number of esters is 1. The van der Waals surface area contributed by atoms with Gasteiger partial charge in [-0.05, 0) is 23.8 Å². The number of anilines is 1. The summed E-state index contributed by atoms with van der Waals surface area (Å²) in [6, 6.07) is 9.55. The Morgan fingerprint density at radius 3 is 2.55 bits per heavy atom. The van der Waals surface area contributed by atoms with Crippen LogP contribution >= 0.6 is 0 Å². The number of carbonyl (C=O) groups is 1. The van der Waals surface area contributed by atoms with Crippen molar-refractivity contribution < 1.29 is 14.3 Å². The number of methoxy groups -OCH3 is 1. The first-order valence-corrected chi connectivity index (χ1v) is 6.37. The molecule has 1 aromatic rings. The van der Waals surface area contributed by atoms with Crippen LogP contribution in [0.3, 0.4) is 0 Å². The maximum Gasteiger partial charge on any atom is 0.348 e. The molecule has 1 aliphatic heterocycles. The summed E-state index contributed by atoms with van der Waals surface area (Å²) in [7, 11) is 1.26. The number of carbonyl (C=O) groups excluding carboxylic acids is 1. The minimum absolute atomic E-state index is 0.00776. The molecule has 20 heavy (non-hydrogen) atoms. The Kier molecular flexibility index (Phi) is 4.75. The Balaban J connectivity index is 2.13. The number of nitrogens with zero attached hydrogens (tertiary/aromatic N) is 2. The fourth-order valence-corrected chi connectivity index (χ4v) is 2.02. The molecule has 0 aromatic heterocycles. The third-order valence-electron chi connectivity index (χ3n) is 3.11. The van der Waals surface area contributed by atoms with E-state index in [4.69, 9.17) is 10.00 Å². The third-order valence-corrected chi connectivity index (χ3v) is 3.11. The second kappa shape index (κ2) is 6.73. The summed E-state index contributed by atoms with van der Waals surface area (Å²) in [4.78, 5) is 13.6. The Morgan fingerprint density at radius 1 is 1.35 bits per heavy atom. The number of hydrogen-bond acceptors (Lipinski definition) is 5. The predicted octanol–water partition coefficient (Wildman–Crippen LogP) is 1.60. The summed E-state index contributed by atoms with van der Waals surface area (Å²) >= 11 is 0. The molecule has 1 heterocycles. The van der Waals surface area contributed by atoms with Crippen molar-refractivity contribution in [1.82, 2.24) is 0 Å². The van der Waals surface area contributed by atoms with Crippen LogP contribution in [0.2, 0.25) is 0 Å². The zero-order chi connectivity index (χ0) is 14.4. The molecule has 0 saturated carbocycles. The van der Waals surface area contributed by atoms with Crippen molar-refractivity contribution >= 4 is 17.7 Å². The second-order valence-electron chi connectivity index (χ2n) is 4.35. The highest BCUT2D eigenvalue weighted by Crippen LogP contribution is 2.18. The van der Waals surface area contributed by atoms with Crippen LogP contribution in [-0.2, 0) is 14.3 Å². The van der Waals surface area contributed by atoms with Crippen molar-refractivity contribution in [3.05, 3.63) is 35.4 Å². The maximum absolute atomic E-state index is 11.3. The van der Waals surface area contributed by atoms with Gasteiger partial charge >= 0.3 is 5.97 Å². The third kappa shape index (κ3) is 3.37. The molecule has 1 saturated heterocycles. The first-order valence-electron chi connectivity index (χ1n) is 6.37. The van der Waals surface area contributed by atoms with Crippen molar-refractivity contribution in [3.63, 3.8) is 0 Å². The average Bonchev–Trinajstić information content (AvgIpc) is 2.53. The molecule has 1 aliphatic rings. The molecule has 1 fully saturated rings. The van der Waals surface area contributed by atoms with Gasteiger partial charge in [-0.1, -0.05) is 12.1 Å². The van der Waals surface area contributed by atoms with Crippen LogP contribution in [0.15, 0.2) is 29.8 Å². The quantitative estimate of drug-likeness (QED) is 0.475. The molecule has 2 rings (SSSR count). The largest absolute Gasteiger partial charge is 0.465 e. The SMILES string of the molecule is COC(=O)/C(C#N)=C/c1ccc(N2CCOCC2)cc1. The fourth-order valence-electron chi connectivity index (χ4n) is 2.02. The lowest BCUT2D eigenvalue weighted by molar-refractivity contribution is -0.135. The molecule has 104 valence electrons. The molecule has 0 amide bonds. The van der Waals surface area contributed by atoms with Gasteiger partial charge in [0.25, 0.3) is 0 Å². The molecule has 0 radical (unpaired) electrons. The van der Waals surface area contributed by atoms with Gasteiger partial charge in [0.2, 0.25) is 0 Å². The van der Waals surface area contributed by atoms with E-state index in [1.54, 1.807) is 0 Å². The van der Waals surface area contributed by atoms with E-state index in [0.29, 0.717) is 0 Å². The summed E-state index contributed by atoms with van der Waals surface area (Å²) in [5.74, 6) is -0.621. The average molecular weight is 272 g/mol. The second-order valence-corrected chi connectivity index (χ2v) is 4.35. The van der Waals surface area contributed by atoms with E-state index in [2.05, 4.69) is 9.64 Å². The lowest BCUT2D eigenvalue weighted by Crippen LogP contribution is -2.36. The molecule has 5 heteroatoms. The Labute approximate surface area is 118 Å². The highest BCUT2D eigenvalue weighted by atomic mass is 16.5. The fraction of sp³-hybridized carbons (Fsp3) is 0.333. The van der Waals surface area contributed by atoms with E-state index in [1.165, 1.54) is 13.2 Å². The van der Waals surface area contributed by atoms with Gasteiger partial charge in [-0.25, -0.2) is 4.79 Å². The van der Waals surface area contributed by atoms with Crippen molar-refractivity contribution in [1.29, 1.82) is 5.26 Å². The number of benzene rings is 1. The number of hydrogen-bond donors (Lipinski definition) is 0. The van der Waals surface area contributed by atoms with Crippen molar-refractivity contribution in [3.8, 4) is 6.07 Å². The number of morpholine rings is 1. The number of ether oxygens (including phenoxy) is 2. The van der Waals surface area contributed by atoms with E-state index < -0.39 is 5.97 Å². The Morgan fingerprint density at radius 2 is 2.00 bits per heavy atom. The van der Waals surface area contributed by atoms with Crippen LogP contribution in [-0.4, -0.2) is 39.4 Å². The lowest BCUT2D eigenvalue weighted by atomic mass is 10.1. The van der Waals surface area contributed by atoms with Gasteiger partial charge in [0.1, 0.15) is 11.6 Å². The van der Waals surface area contributed by atoms with Crippen LogP contribution in [0, 0.1) is 11.3 Å². The minimum atomic E-state index is -0.621. The van der Waals surface area contributed by atoms with Crippen molar-refractivity contribution in [2.24, 2.45) is 0 Å². The van der Waals surface area contributed by atoms with E-state index >= 15 is 0 Å². The molecule has 0 spiro atoms. The molecule has 0 unspecified atom stereocenters. The van der Waals surface area contributed by atoms with E-state index in [9.17, 15) is 4.79 Å². The maximum atomic E-state index is 11.3. The van der Waals surface area contributed by atoms with Crippen molar-refractivity contribution in [2.45, 2.75) is 0 Å².